The molecule has 126 valence electrons. The van der Waals surface area contributed by atoms with Gasteiger partial charge in [-0.05, 0) is 37.0 Å². The summed E-state index contributed by atoms with van der Waals surface area (Å²) in [6.07, 6.45) is -4.67. The van der Waals surface area contributed by atoms with Gasteiger partial charge in [-0.1, -0.05) is 6.07 Å². The summed E-state index contributed by atoms with van der Waals surface area (Å²) in [5, 5.41) is 9.15. The number of ether oxygens (including phenoxy) is 1. The molecule has 3 aliphatic rings. The molecule has 0 aliphatic carbocycles. The van der Waals surface area contributed by atoms with Crippen molar-refractivity contribution in [3.05, 3.63) is 29.3 Å². The molecule has 1 amide bonds. The van der Waals surface area contributed by atoms with E-state index < -0.39 is 36.1 Å². The second-order valence-corrected chi connectivity index (χ2v) is 6.54. The molecule has 0 saturated carbocycles. The van der Waals surface area contributed by atoms with E-state index in [2.05, 4.69) is 6.07 Å². The fourth-order valence-corrected chi connectivity index (χ4v) is 4.35. The summed E-state index contributed by atoms with van der Waals surface area (Å²) in [6.45, 7) is 0.311. The number of alkyl halides is 3. The number of hydrogen-bond donors (Lipinski definition) is 0. The van der Waals surface area contributed by atoms with E-state index in [1.54, 1.807) is 18.2 Å². The molecule has 2 fully saturated rings. The topological polar surface area (TPSA) is 53.3 Å². The van der Waals surface area contributed by atoms with E-state index in [1.807, 2.05) is 0 Å². The molecule has 2 bridgehead atoms. The Bertz CT molecular complexity index is 740. The Morgan fingerprint density at radius 3 is 2.75 bits per heavy atom. The number of nitriles is 1. The van der Waals surface area contributed by atoms with Crippen molar-refractivity contribution in [3.63, 3.8) is 0 Å². The molecular weight excluding hydrogens is 321 g/mol. The Balaban J connectivity index is 1.68. The first kappa shape index (κ1) is 15.5. The van der Waals surface area contributed by atoms with Crippen molar-refractivity contribution < 1.29 is 22.7 Å². The molecule has 2 saturated heterocycles. The van der Waals surface area contributed by atoms with Crippen LogP contribution >= 0.6 is 0 Å². The Morgan fingerprint density at radius 1 is 1.29 bits per heavy atom. The van der Waals surface area contributed by atoms with Crippen molar-refractivity contribution in [2.45, 2.75) is 37.6 Å². The minimum Gasteiger partial charge on any atom is -0.373 e. The van der Waals surface area contributed by atoms with Crippen LogP contribution in [0.3, 0.4) is 0 Å². The van der Waals surface area contributed by atoms with Crippen LogP contribution in [0.5, 0.6) is 0 Å². The van der Waals surface area contributed by atoms with Gasteiger partial charge in [-0.2, -0.15) is 18.4 Å². The zero-order valence-electron chi connectivity index (χ0n) is 12.7. The van der Waals surface area contributed by atoms with Gasteiger partial charge in [0.1, 0.15) is 0 Å². The molecule has 4 nitrogen and oxygen atoms in total. The molecule has 24 heavy (non-hydrogen) atoms. The zero-order chi connectivity index (χ0) is 17.1. The maximum absolute atomic E-state index is 13.4. The van der Waals surface area contributed by atoms with Crippen molar-refractivity contribution in [2.24, 2.45) is 11.8 Å². The van der Waals surface area contributed by atoms with Crippen LogP contribution < -0.4 is 4.90 Å². The van der Waals surface area contributed by atoms with Gasteiger partial charge in [-0.3, -0.25) is 4.79 Å². The average Bonchev–Trinajstić information content (AvgIpc) is 3.25. The molecule has 0 aromatic heterocycles. The van der Waals surface area contributed by atoms with E-state index in [-0.39, 0.29) is 0 Å². The van der Waals surface area contributed by atoms with E-state index in [1.165, 1.54) is 4.90 Å². The fraction of sp³-hybridized carbons (Fsp3) is 0.529. The number of halogens is 3. The number of anilines is 1. The molecule has 4 atom stereocenters. The normalized spacial score (nSPS) is 31.2. The predicted octanol–water partition coefficient (Wildman–Crippen LogP) is 2.80. The molecule has 3 aliphatic heterocycles. The van der Waals surface area contributed by atoms with Crippen molar-refractivity contribution >= 4 is 11.6 Å². The van der Waals surface area contributed by atoms with Gasteiger partial charge in [0, 0.05) is 12.2 Å². The predicted molar refractivity (Wildman–Crippen MR) is 78.1 cm³/mol. The van der Waals surface area contributed by atoms with Crippen LogP contribution in [0.1, 0.15) is 24.0 Å². The van der Waals surface area contributed by atoms with Crippen molar-refractivity contribution in [2.75, 3.05) is 11.4 Å². The second-order valence-electron chi connectivity index (χ2n) is 6.54. The summed E-state index contributed by atoms with van der Waals surface area (Å²) < 4.78 is 45.7. The quantitative estimate of drug-likeness (QED) is 0.792. The Labute approximate surface area is 136 Å². The second kappa shape index (κ2) is 5.21. The van der Waals surface area contributed by atoms with Crippen LogP contribution in [0, 0.1) is 23.2 Å². The first-order valence-corrected chi connectivity index (χ1v) is 7.97. The van der Waals surface area contributed by atoms with E-state index in [0.717, 1.165) is 5.56 Å². The highest BCUT2D eigenvalue weighted by Crippen LogP contribution is 2.51. The number of hydrogen-bond acceptors (Lipinski definition) is 3. The Morgan fingerprint density at radius 2 is 2.04 bits per heavy atom. The largest absolute Gasteiger partial charge is 0.395 e. The number of benzene rings is 1. The SMILES string of the molecule is N#Cc1cccc2c1CCN2C(=O)C1C2CCC(O2)C1C(F)(F)F. The highest BCUT2D eigenvalue weighted by molar-refractivity contribution is 5.98. The summed E-state index contributed by atoms with van der Waals surface area (Å²) in [5.41, 5.74) is 1.77. The number of fused-ring (bicyclic) bond motifs is 3. The average molecular weight is 336 g/mol. The maximum atomic E-state index is 13.4. The summed E-state index contributed by atoms with van der Waals surface area (Å²) in [5.74, 6) is -3.44. The highest BCUT2D eigenvalue weighted by atomic mass is 19.4. The minimum absolute atomic E-state index is 0.311. The third kappa shape index (κ3) is 2.13. The van der Waals surface area contributed by atoms with Crippen molar-refractivity contribution in [3.8, 4) is 6.07 Å². The standard InChI is InChI=1S/C17H15F3N2O2/c18-17(19,20)15-13-5-4-12(24-13)14(15)16(23)22-7-6-10-9(8-21)2-1-3-11(10)22/h1-3,12-15H,4-7H2. The lowest BCUT2D eigenvalue weighted by Crippen LogP contribution is -2.47. The number of amides is 1. The highest BCUT2D eigenvalue weighted by Gasteiger charge is 2.63. The van der Waals surface area contributed by atoms with Gasteiger partial charge in [0.05, 0.1) is 35.7 Å². The molecule has 3 heterocycles. The minimum atomic E-state index is -4.45. The number of carbonyl (C=O) groups excluding carboxylic acids is 1. The zero-order valence-corrected chi connectivity index (χ0v) is 12.7. The van der Waals surface area contributed by atoms with Crippen LogP contribution in [0.2, 0.25) is 0 Å². The smallest absolute Gasteiger partial charge is 0.373 e. The van der Waals surface area contributed by atoms with E-state index in [9.17, 15) is 18.0 Å². The summed E-state index contributed by atoms with van der Waals surface area (Å²) in [6, 6.07) is 7.08. The van der Waals surface area contributed by atoms with E-state index in [4.69, 9.17) is 10.00 Å². The Kier molecular flexibility index (Phi) is 3.36. The van der Waals surface area contributed by atoms with Gasteiger partial charge in [0.15, 0.2) is 0 Å². The lowest BCUT2D eigenvalue weighted by molar-refractivity contribution is -0.197. The lowest BCUT2D eigenvalue weighted by atomic mass is 9.78. The van der Waals surface area contributed by atoms with Gasteiger partial charge in [0.2, 0.25) is 5.91 Å². The molecule has 0 radical (unpaired) electrons. The first-order chi connectivity index (χ1) is 11.4. The van der Waals surface area contributed by atoms with Crippen LogP contribution in [0.4, 0.5) is 18.9 Å². The Hall–Kier alpha value is -2.07. The fourth-order valence-electron chi connectivity index (χ4n) is 4.35. The van der Waals surface area contributed by atoms with Crippen molar-refractivity contribution in [1.29, 1.82) is 5.26 Å². The number of carbonyl (C=O) groups is 1. The van der Waals surface area contributed by atoms with Gasteiger partial charge in [0.25, 0.3) is 0 Å². The monoisotopic (exact) mass is 336 g/mol. The molecule has 4 rings (SSSR count). The van der Waals surface area contributed by atoms with Crippen molar-refractivity contribution in [1.82, 2.24) is 0 Å². The molecule has 0 spiro atoms. The lowest BCUT2D eigenvalue weighted by Gasteiger charge is -2.31. The molecule has 0 N–H and O–H groups in total. The van der Waals surface area contributed by atoms with Crippen LogP contribution in [0.15, 0.2) is 18.2 Å². The van der Waals surface area contributed by atoms with Gasteiger partial charge >= 0.3 is 6.18 Å². The first-order valence-electron chi connectivity index (χ1n) is 7.97. The van der Waals surface area contributed by atoms with E-state index >= 15 is 0 Å². The van der Waals surface area contributed by atoms with Gasteiger partial charge in [-0.15, -0.1) is 0 Å². The molecule has 1 aromatic carbocycles. The summed E-state index contributed by atoms with van der Waals surface area (Å²) in [7, 11) is 0. The van der Waals surface area contributed by atoms with Crippen LogP contribution in [-0.2, 0) is 16.0 Å². The molecule has 1 aromatic rings. The molecule has 4 unspecified atom stereocenters. The van der Waals surface area contributed by atoms with Gasteiger partial charge < -0.3 is 9.64 Å². The molecular formula is C17H15F3N2O2. The third-order valence-electron chi connectivity index (χ3n) is 5.35. The van der Waals surface area contributed by atoms with Gasteiger partial charge in [-0.25, -0.2) is 0 Å². The van der Waals surface area contributed by atoms with Crippen LogP contribution in [0.25, 0.3) is 0 Å². The number of rotatable bonds is 1. The van der Waals surface area contributed by atoms with Crippen LogP contribution in [-0.4, -0.2) is 30.8 Å². The summed E-state index contributed by atoms with van der Waals surface area (Å²) in [4.78, 5) is 14.3. The third-order valence-corrected chi connectivity index (χ3v) is 5.35. The molecule has 7 heteroatoms. The number of nitrogens with zero attached hydrogens (tertiary/aromatic N) is 2. The summed E-state index contributed by atoms with van der Waals surface area (Å²) >= 11 is 0. The maximum Gasteiger partial charge on any atom is 0.395 e. The van der Waals surface area contributed by atoms with E-state index in [0.29, 0.717) is 37.1 Å².